The highest BCUT2D eigenvalue weighted by Gasteiger charge is 2.07. The van der Waals surface area contributed by atoms with Crippen LogP contribution in [-0.2, 0) is 23.2 Å². The molecule has 0 saturated heterocycles. The zero-order chi connectivity index (χ0) is 19.1. The summed E-state index contributed by atoms with van der Waals surface area (Å²) in [4.78, 5) is 0. The molecule has 0 radical (unpaired) electrons. The molecule has 1 aromatic rings. The van der Waals surface area contributed by atoms with Crippen LogP contribution < -0.4 is 4.57 Å². The number of hydrogen-bond donors (Lipinski definition) is 1. The SMILES string of the molecule is CCCCCCCCCCCCCCn1cc[n+](CCCS(=O)(=O)O)c1. The number of hydrogen-bond acceptors (Lipinski definition) is 2. The van der Waals surface area contributed by atoms with Crippen molar-refractivity contribution in [3.05, 3.63) is 18.7 Å². The van der Waals surface area contributed by atoms with E-state index in [0.29, 0.717) is 13.0 Å². The van der Waals surface area contributed by atoms with E-state index < -0.39 is 10.1 Å². The molecule has 0 aliphatic carbocycles. The maximum absolute atomic E-state index is 10.7. The molecule has 0 aliphatic rings. The molecule has 1 heterocycles. The van der Waals surface area contributed by atoms with Gasteiger partial charge in [0, 0.05) is 6.42 Å². The van der Waals surface area contributed by atoms with E-state index in [-0.39, 0.29) is 5.75 Å². The van der Waals surface area contributed by atoms with Crippen LogP contribution >= 0.6 is 0 Å². The monoisotopic (exact) mass is 387 g/mol. The van der Waals surface area contributed by atoms with E-state index >= 15 is 0 Å². The van der Waals surface area contributed by atoms with Gasteiger partial charge in [0.15, 0.2) is 0 Å². The van der Waals surface area contributed by atoms with Crippen LogP contribution in [-0.4, -0.2) is 23.3 Å². The van der Waals surface area contributed by atoms with Gasteiger partial charge in [-0.15, -0.1) is 0 Å². The molecule has 1 aromatic heterocycles. The van der Waals surface area contributed by atoms with Gasteiger partial charge < -0.3 is 0 Å². The largest absolute Gasteiger partial charge is 0.286 e. The molecule has 5 nitrogen and oxygen atoms in total. The second-order valence-electron chi connectivity index (χ2n) is 7.42. The Morgan fingerprint density at radius 1 is 0.846 bits per heavy atom. The minimum absolute atomic E-state index is 0.177. The Labute approximate surface area is 160 Å². The molecule has 6 heteroatoms. The molecule has 0 spiro atoms. The molecule has 26 heavy (non-hydrogen) atoms. The van der Waals surface area contributed by atoms with Gasteiger partial charge >= 0.3 is 0 Å². The quantitative estimate of drug-likeness (QED) is 0.238. The van der Waals surface area contributed by atoms with Gasteiger partial charge in [-0.1, -0.05) is 71.1 Å². The molecule has 0 aliphatic heterocycles. The normalized spacial score (nSPS) is 11.9. The van der Waals surface area contributed by atoms with Crippen molar-refractivity contribution >= 4 is 10.1 Å². The van der Waals surface area contributed by atoms with Crippen molar-refractivity contribution in [2.75, 3.05) is 5.75 Å². The molecule has 1 N–H and O–H groups in total. The lowest BCUT2D eigenvalue weighted by Crippen LogP contribution is -2.32. The van der Waals surface area contributed by atoms with Gasteiger partial charge in [-0.3, -0.25) is 4.55 Å². The number of aromatic nitrogens is 2. The second-order valence-corrected chi connectivity index (χ2v) is 8.99. The summed E-state index contributed by atoms with van der Waals surface area (Å²) in [6.45, 7) is 3.90. The summed E-state index contributed by atoms with van der Waals surface area (Å²) < 4.78 is 34.3. The van der Waals surface area contributed by atoms with Crippen LogP contribution in [0.4, 0.5) is 0 Å². The molecule has 0 fully saturated rings. The maximum atomic E-state index is 10.7. The molecular weight excluding hydrogens is 348 g/mol. The first-order valence-electron chi connectivity index (χ1n) is 10.5. The summed E-state index contributed by atoms with van der Waals surface area (Å²) in [5.74, 6) is -0.177. The van der Waals surface area contributed by atoms with E-state index in [0.717, 1.165) is 6.54 Å². The molecule has 0 atom stereocenters. The van der Waals surface area contributed by atoms with Gasteiger partial charge in [0.1, 0.15) is 12.4 Å². The zero-order valence-corrected chi connectivity index (χ0v) is 17.4. The number of aryl methyl sites for hydroxylation is 2. The first-order chi connectivity index (χ1) is 12.5. The van der Waals surface area contributed by atoms with E-state index in [1.54, 1.807) is 0 Å². The fourth-order valence-corrected chi connectivity index (χ4v) is 3.76. The van der Waals surface area contributed by atoms with Crippen molar-refractivity contribution in [1.82, 2.24) is 4.57 Å². The molecule has 0 aromatic carbocycles. The summed E-state index contributed by atoms with van der Waals surface area (Å²) in [5.41, 5.74) is 0. The predicted molar refractivity (Wildman–Crippen MR) is 107 cm³/mol. The standard InChI is InChI=1S/C20H38N2O3S/c1-2-3-4-5-6-7-8-9-10-11-12-13-15-21-17-18-22(20-21)16-14-19-26(23,24)25/h17-18,20H,2-16,19H2,1H3/p+1. The Morgan fingerprint density at radius 3 is 1.92 bits per heavy atom. The first-order valence-corrected chi connectivity index (χ1v) is 12.1. The second kappa shape index (κ2) is 14.2. The Kier molecular flexibility index (Phi) is 12.7. The highest BCUT2D eigenvalue weighted by molar-refractivity contribution is 7.85. The lowest BCUT2D eigenvalue weighted by molar-refractivity contribution is -0.696. The smallest absolute Gasteiger partial charge is 0.265 e. The van der Waals surface area contributed by atoms with Crippen molar-refractivity contribution in [1.29, 1.82) is 0 Å². The van der Waals surface area contributed by atoms with Gasteiger partial charge in [0.05, 0.1) is 18.8 Å². The van der Waals surface area contributed by atoms with E-state index in [9.17, 15) is 8.42 Å². The number of imidazole rings is 1. The number of nitrogens with zero attached hydrogens (tertiary/aromatic N) is 2. The van der Waals surface area contributed by atoms with Crippen molar-refractivity contribution in [2.45, 2.75) is 103 Å². The van der Waals surface area contributed by atoms with Crippen LogP contribution in [0.2, 0.25) is 0 Å². The zero-order valence-electron chi connectivity index (χ0n) is 16.6. The van der Waals surface area contributed by atoms with Crippen molar-refractivity contribution < 1.29 is 17.5 Å². The molecule has 0 bridgehead atoms. The van der Waals surface area contributed by atoms with E-state index in [1.807, 2.05) is 23.3 Å². The third-order valence-electron chi connectivity index (χ3n) is 4.83. The minimum atomic E-state index is -3.84. The predicted octanol–water partition coefficient (Wildman–Crippen LogP) is 4.75. The topological polar surface area (TPSA) is 63.2 Å². The Morgan fingerprint density at radius 2 is 1.38 bits per heavy atom. The summed E-state index contributed by atoms with van der Waals surface area (Å²) >= 11 is 0. The summed E-state index contributed by atoms with van der Waals surface area (Å²) in [6.07, 6.45) is 22.8. The summed E-state index contributed by atoms with van der Waals surface area (Å²) in [5, 5.41) is 0. The van der Waals surface area contributed by atoms with E-state index in [1.165, 1.54) is 77.0 Å². The van der Waals surface area contributed by atoms with E-state index in [2.05, 4.69) is 11.5 Å². The number of unbranched alkanes of at least 4 members (excludes halogenated alkanes) is 11. The average Bonchev–Trinajstić information content (AvgIpc) is 3.02. The van der Waals surface area contributed by atoms with Gasteiger partial charge in [0.25, 0.3) is 10.1 Å². The molecular formula is C20H39N2O3S+. The van der Waals surface area contributed by atoms with Crippen LogP contribution in [0.25, 0.3) is 0 Å². The van der Waals surface area contributed by atoms with Crippen LogP contribution in [0.1, 0.15) is 90.4 Å². The number of rotatable bonds is 17. The van der Waals surface area contributed by atoms with Crippen molar-refractivity contribution in [3.8, 4) is 0 Å². The molecule has 0 saturated carbocycles. The van der Waals surface area contributed by atoms with Gasteiger partial charge in [-0.05, 0) is 12.8 Å². The van der Waals surface area contributed by atoms with Crippen LogP contribution in [0.15, 0.2) is 18.7 Å². The molecule has 0 unspecified atom stereocenters. The molecule has 0 amide bonds. The average molecular weight is 388 g/mol. The van der Waals surface area contributed by atoms with Crippen molar-refractivity contribution in [2.24, 2.45) is 0 Å². The Bertz CT molecular complexity index is 555. The van der Waals surface area contributed by atoms with Crippen LogP contribution in [0, 0.1) is 0 Å². The third-order valence-corrected chi connectivity index (χ3v) is 5.64. The summed E-state index contributed by atoms with van der Waals surface area (Å²) in [7, 11) is -3.84. The lowest BCUT2D eigenvalue weighted by atomic mass is 10.1. The molecule has 1 rings (SSSR count). The van der Waals surface area contributed by atoms with Crippen molar-refractivity contribution in [3.63, 3.8) is 0 Å². The molecule has 152 valence electrons. The Hall–Kier alpha value is -0.880. The van der Waals surface area contributed by atoms with Gasteiger partial charge in [0.2, 0.25) is 6.33 Å². The third kappa shape index (κ3) is 13.3. The summed E-state index contributed by atoms with van der Waals surface area (Å²) in [6, 6.07) is 0. The fourth-order valence-electron chi connectivity index (χ4n) is 3.27. The van der Waals surface area contributed by atoms with Gasteiger partial charge in [-0.25, -0.2) is 9.13 Å². The highest BCUT2D eigenvalue weighted by atomic mass is 32.2. The van der Waals surface area contributed by atoms with Crippen LogP contribution in [0.5, 0.6) is 0 Å². The van der Waals surface area contributed by atoms with Crippen LogP contribution in [0.3, 0.4) is 0 Å². The lowest BCUT2D eigenvalue weighted by Gasteiger charge is -2.02. The first kappa shape index (κ1) is 23.2. The van der Waals surface area contributed by atoms with E-state index in [4.69, 9.17) is 4.55 Å². The Balaban J connectivity index is 1.94. The fraction of sp³-hybridized carbons (Fsp3) is 0.850. The maximum Gasteiger partial charge on any atom is 0.265 e. The van der Waals surface area contributed by atoms with Gasteiger partial charge in [-0.2, -0.15) is 8.42 Å². The highest BCUT2D eigenvalue weighted by Crippen LogP contribution is 2.12. The minimum Gasteiger partial charge on any atom is -0.286 e.